The van der Waals surface area contributed by atoms with Gasteiger partial charge in [-0.05, 0) is 43.5 Å². The number of hydrogen-bond donors (Lipinski definition) is 1. The van der Waals surface area contributed by atoms with E-state index >= 15 is 0 Å². The minimum Gasteiger partial charge on any atom is -0.484 e. The van der Waals surface area contributed by atoms with Crippen molar-refractivity contribution in [1.29, 1.82) is 0 Å². The van der Waals surface area contributed by atoms with Crippen molar-refractivity contribution in [2.45, 2.75) is 42.8 Å². The van der Waals surface area contributed by atoms with Crippen LogP contribution in [0.3, 0.4) is 0 Å². The Morgan fingerprint density at radius 2 is 1.76 bits per heavy atom. The van der Waals surface area contributed by atoms with Crippen molar-refractivity contribution in [3.05, 3.63) is 35.7 Å². The van der Waals surface area contributed by atoms with Crippen molar-refractivity contribution < 1.29 is 45.0 Å². The largest absolute Gasteiger partial charge is 0.522 e. The van der Waals surface area contributed by atoms with Gasteiger partial charge in [0.25, 0.3) is 5.91 Å². The Labute approximate surface area is 189 Å². The number of alkyl halides is 6. The van der Waals surface area contributed by atoms with Gasteiger partial charge >= 0.3 is 18.6 Å². The maximum atomic E-state index is 12.6. The maximum absolute atomic E-state index is 12.6. The fourth-order valence-electron chi connectivity index (χ4n) is 4.35. The van der Waals surface area contributed by atoms with Crippen LogP contribution < -0.4 is 15.0 Å². The molecule has 0 atom stereocenters. The third kappa shape index (κ3) is 5.05. The third-order valence-electron chi connectivity index (χ3n) is 5.87. The number of hydrogen-bond acceptors (Lipinski definition) is 7. The highest BCUT2D eigenvalue weighted by Crippen LogP contribution is 2.67. The monoisotopic (exact) mass is 494 g/mol. The Morgan fingerprint density at radius 1 is 1.12 bits per heavy atom. The number of carbonyl (C=O) groups excluding carboxylic acids is 1. The molecule has 1 aromatic carbocycles. The first-order valence-corrected chi connectivity index (χ1v) is 10.2. The Hall–Kier alpha value is -3.03. The summed E-state index contributed by atoms with van der Waals surface area (Å²) in [5.74, 6) is 0.0763. The molecule has 2 aromatic rings. The molecule has 3 aliphatic rings. The summed E-state index contributed by atoms with van der Waals surface area (Å²) in [7, 11) is 1.50. The van der Waals surface area contributed by atoms with E-state index in [-0.39, 0.29) is 24.9 Å². The molecule has 0 unspecified atom stereocenters. The quantitative estimate of drug-likeness (QED) is 0.535. The van der Waals surface area contributed by atoms with Crippen LogP contribution in [0.5, 0.6) is 5.75 Å². The van der Waals surface area contributed by atoms with Gasteiger partial charge in [-0.2, -0.15) is 13.2 Å². The molecule has 3 aliphatic carbocycles. The fraction of sp³-hybridized carbons (Fsp3) is 0.550. The molecule has 1 heterocycles. The molecule has 186 valence electrons. The lowest BCUT2D eigenvalue weighted by atomic mass is 9.39. The van der Waals surface area contributed by atoms with E-state index in [4.69, 9.17) is 9.15 Å². The average molecular weight is 494 g/mol. The number of rotatable bonds is 9. The van der Waals surface area contributed by atoms with E-state index in [2.05, 4.69) is 20.3 Å². The second-order valence-corrected chi connectivity index (χ2v) is 8.56. The van der Waals surface area contributed by atoms with Crippen LogP contribution in [0.15, 0.2) is 28.7 Å². The molecule has 1 N–H and O–H groups in total. The van der Waals surface area contributed by atoms with E-state index in [9.17, 15) is 31.1 Å². The highest BCUT2D eigenvalue weighted by Gasteiger charge is 2.71. The molecule has 0 aliphatic heterocycles. The average Bonchev–Trinajstić information content (AvgIpc) is 3.16. The zero-order chi connectivity index (χ0) is 24.8. The normalized spacial score (nSPS) is 23.6. The van der Waals surface area contributed by atoms with Crippen molar-refractivity contribution in [3.8, 4) is 5.75 Å². The lowest BCUT2D eigenvalue weighted by Gasteiger charge is -2.68. The molecule has 5 rings (SSSR count). The molecule has 0 radical (unpaired) electrons. The summed E-state index contributed by atoms with van der Waals surface area (Å²) >= 11 is 0. The Kier molecular flexibility index (Phi) is 5.90. The molecular weight excluding hydrogens is 474 g/mol. The van der Waals surface area contributed by atoms with Crippen LogP contribution in [0.4, 0.5) is 32.4 Å². The topological polar surface area (TPSA) is 89.7 Å². The van der Waals surface area contributed by atoms with Crippen molar-refractivity contribution in [1.82, 2.24) is 15.5 Å². The number of nitrogens with one attached hydrogen (secondary N) is 1. The van der Waals surface area contributed by atoms with Gasteiger partial charge in [0, 0.05) is 19.1 Å². The SMILES string of the molecule is CN(CCOC(F)(F)F)c1nnc(C23CC(NC(=O)COc4ccc(C(F)(F)F)cc4)(C2)C3)o1. The molecule has 14 heteroatoms. The van der Waals surface area contributed by atoms with Crippen molar-refractivity contribution in [3.63, 3.8) is 0 Å². The molecule has 1 amide bonds. The molecule has 3 fully saturated rings. The van der Waals surface area contributed by atoms with Crippen LogP contribution in [0.2, 0.25) is 0 Å². The summed E-state index contributed by atoms with van der Waals surface area (Å²) in [6.07, 6.45) is -7.52. The number of aromatic nitrogens is 2. The molecule has 8 nitrogen and oxygen atoms in total. The minimum atomic E-state index is -4.71. The summed E-state index contributed by atoms with van der Waals surface area (Å²) < 4.78 is 88.6. The Balaban J connectivity index is 1.22. The first-order valence-electron chi connectivity index (χ1n) is 10.2. The van der Waals surface area contributed by atoms with E-state index < -0.39 is 41.6 Å². The zero-order valence-corrected chi connectivity index (χ0v) is 17.8. The van der Waals surface area contributed by atoms with Gasteiger partial charge < -0.3 is 19.4 Å². The van der Waals surface area contributed by atoms with Gasteiger partial charge in [-0.3, -0.25) is 9.53 Å². The number of likely N-dealkylation sites (N-methyl/N-ethyl adjacent to an activating group) is 1. The predicted octanol–water partition coefficient (Wildman–Crippen LogP) is 3.43. The highest BCUT2D eigenvalue weighted by molar-refractivity contribution is 5.79. The summed E-state index contributed by atoms with van der Waals surface area (Å²) in [4.78, 5) is 13.6. The molecule has 0 saturated heterocycles. The van der Waals surface area contributed by atoms with E-state index in [1.54, 1.807) is 0 Å². The van der Waals surface area contributed by atoms with E-state index in [0.29, 0.717) is 25.2 Å². The van der Waals surface area contributed by atoms with Gasteiger partial charge in [-0.1, -0.05) is 5.10 Å². The molecule has 0 spiro atoms. The van der Waals surface area contributed by atoms with Gasteiger partial charge in [-0.25, -0.2) is 0 Å². The summed E-state index contributed by atoms with van der Waals surface area (Å²) in [5, 5.41) is 10.7. The first kappa shape index (κ1) is 24.1. The van der Waals surface area contributed by atoms with E-state index in [1.165, 1.54) is 11.9 Å². The summed E-state index contributed by atoms with van der Waals surface area (Å²) in [6, 6.07) is 4.10. The molecule has 1 aromatic heterocycles. The second kappa shape index (κ2) is 8.32. The minimum absolute atomic E-state index is 0.0635. The number of nitrogens with zero attached hydrogens (tertiary/aromatic N) is 3. The Morgan fingerprint density at radius 3 is 2.35 bits per heavy atom. The number of amides is 1. The number of halogens is 6. The van der Waals surface area contributed by atoms with Gasteiger partial charge in [0.05, 0.1) is 17.6 Å². The first-order chi connectivity index (χ1) is 15.8. The fourth-order valence-corrected chi connectivity index (χ4v) is 4.35. The third-order valence-corrected chi connectivity index (χ3v) is 5.87. The number of ether oxygens (including phenoxy) is 2. The highest BCUT2D eigenvalue weighted by atomic mass is 19.4. The van der Waals surface area contributed by atoms with Gasteiger partial charge in [0.1, 0.15) is 5.75 Å². The van der Waals surface area contributed by atoms with Crippen LogP contribution in [0.1, 0.15) is 30.7 Å². The molecular formula is C20H20F6N4O4. The maximum Gasteiger partial charge on any atom is 0.522 e. The molecule has 3 saturated carbocycles. The lowest BCUT2D eigenvalue weighted by Crippen LogP contribution is -2.77. The molecule has 34 heavy (non-hydrogen) atoms. The van der Waals surface area contributed by atoms with Crippen LogP contribution >= 0.6 is 0 Å². The predicted molar refractivity (Wildman–Crippen MR) is 103 cm³/mol. The van der Waals surface area contributed by atoms with Crippen molar-refractivity contribution in [2.75, 3.05) is 31.7 Å². The summed E-state index contributed by atoms with van der Waals surface area (Å²) in [6.45, 7) is -1.05. The van der Waals surface area contributed by atoms with Crippen molar-refractivity contribution in [2.24, 2.45) is 0 Å². The van der Waals surface area contributed by atoms with Gasteiger partial charge in [0.15, 0.2) is 6.61 Å². The zero-order valence-electron chi connectivity index (χ0n) is 17.8. The number of anilines is 1. The van der Waals surface area contributed by atoms with Crippen LogP contribution in [-0.4, -0.2) is 54.8 Å². The van der Waals surface area contributed by atoms with Gasteiger partial charge in [-0.15, -0.1) is 18.3 Å². The smallest absolute Gasteiger partial charge is 0.484 e. The molecule has 2 bridgehead atoms. The second-order valence-electron chi connectivity index (χ2n) is 8.56. The number of carbonyl (C=O) groups is 1. The van der Waals surface area contributed by atoms with Crippen LogP contribution in [0.25, 0.3) is 0 Å². The standard InChI is InChI=1S/C20H20F6N4O4/c1-30(6-7-33-20(24,25)26)16-29-28-15(34-16)17-9-18(10-17,11-17)27-14(31)8-32-13-4-2-12(3-5-13)19(21,22)23/h2-5H,6-11H2,1H3,(H,27,31). The van der Waals surface area contributed by atoms with Gasteiger partial charge in [0.2, 0.25) is 5.89 Å². The van der Waals surface area contributed by atoms with Crippen LogP contribution in [-0.2, 0) is 21.1 Å². The van der Waals surface area contributed by atoms with Crippen LogP contribution in [0, 0.1) is 0 Å². The Bertz CT molecular complexity index is 1020. The van der Waals surface area contributed by atoms with E-state index in [0.717, 1.165) is 24.3 Å². The summed E-state index contributed by atoms with van der Waals surface area (Å²) in [5.41, 5.74) is -1.65. The lowest BCUT2D eigenvalue weighted by molar-refractivity contribution is -0.323. The van der Waals surface area contributed by atoms with E-state index in [1.807, 2.05) is 0 Å². The van der Waals surface area contributed by atoms with Crippen molar-refractivity contribution >= 4 is 11.9 Å². The number of benzene rings is 1.